The van der Waals surface area contributed by atoms with E-state index in [0.717, 1.165) is 38.9 Å². The van der Waals surface area contributed by atoms with Crippen molar-refractivity contribution < 1.29 is 5.11 Å². The van der Waals surface area contributed by atoms with Gasteiger partial charge in [0.2, 0.25) is 0 Å². The van der Waals surface area contributed by atoms with Crippen LogP contribution in [0.5, 0.6) is 0 Å². The first kappa shape index (κ1) is 11.0. The minimum absolute atomic E-state index is 0.392. The zero-order valence-electron chi connectivity index (χ0n) is 9.08. The summed E-state index contributed by atoms with van der Waals surface area (Å²) in [6.45, 7) is 3.05. The van der Waals surface area contributed by atoms with E-state index < -0.39 is 5.60 Å². The Hall–Kier alpha value is -0.120. The summed E-state index contributed by atoms with van der Waals surface area (Å²) in [5.74, 6) is 0. The van der Waals surface area contributed by atoms with Crippen molar-refractivity contribution in [1.82, 2.24) is 9.80 Å². The van der Waals surface area contributed by atoms with E-state index in [9.17, 15) is 5.11 Å². The third kappa shape index (κ3) is 3.63. The highest BCUT2D eigenvalue weighted by molar-refractivity contribution is 4.85. The molecule has 0 atom stereocenters. The van der Waals surface area contributed by atoms with Crippen molar-refractivity contribution >= 4 is 0 Å². The first-order valence-electron chi connectivity index (χ1n) is 5.07. The van der Waals surface area contributed by atoms with Crippen LogP contribution in [0.25, 0.3) is 0 Å². The Bertz CT molecular complexity index is 151. The summed E-state index contributed by atoms with van der Waals surface area (Å²) in [6.07, 6.45) is 2.77. The average Bonchev–Trinajstić information content (AvgIpc) is 2.08. The summed E-state index contributed by atoms with van der Waals surface area (Å²) in [5.41, 5.74) is -0.392. The summed E-state index contributed by atoms with van der Waals surface area (Å²) in [4.78, 5) is 4.42. The highest BCUT2D eigenvalue weighted by atomic mass is 16.3. The molecule has 0 spiro atoms. The number of likely N-dealkylation sites (tertiary alicyclic amines) is 1. The molecule has 0 aromatic heterocycles. The number of piperidine rings is 1. The molecular weight excluding hydrogens is 164 g/mol. The monoisotopic (exact) mass is 186 g/mol. The zero-order chi connectivity index (χ0) is 9.90. The summed E-state index contributed by atoms with van der Waals surface area (Å²) in [6, 6.07) is 0. The molecule has 3 nitrogen and oxygen atoms in total. The van der Waals surface area contributed by atoms with Gasteiger partial charge in [0.1, 0.15) is 0 Å². The molecule has 1 rings (SSSR count). The van der Waals surface area contributed by atoms with Crippen LogP contribution in [0.15, 0.2) is 0 Å². The fourth-order valence-corrected chi connectivity index (χ4v) is 1.72. The van der Waals surface area contributed by atoms with Gasteiger partial charge in [-0.2, -0.15) is 0 Å². The van der Waals surface area contributed by atoms with Gasteiger partial charge in [0.25, 0.3) is 0 Å². The van der Waals surface area contributed by atoms with Crippen molar-refractivity contribution in [2.24, 2.45) is 0 Å². The van der Waals surface area contributed by atoms with Crippen LogP contribution >= 0.6 is 0 Å². The highest BCUT2D eigenvalue weighted by Gasteiger charge is 2.30. The molecule has 0 bridgehead atoms. The van der Waals surface area contributed by atoms with Crippen LogP contribution in [0.1, 0.15) is 19.3 Å². The van der Waals surface area contributed by atoms with Crippen molar-refractivity contribution in [2.75, 3.05) is 40.8 Å². The molecule has 0 aromatic rings. The van der Waals surface area contributed by atoms with Crippen molar-refractivity contribution in [3.05, 3.63) is 0 Å². The third-order valence-corrected chi connectivity index (χ3v) is 2.94. The van der Waals surface area contributed by atoms with E-state index in [4.69, 9.17) is 0 Å². The Labute approximate surface area is 81.3 Å². The van der Waals surface area contributed by atoms with Gasteiger partial charge in [0, 0.05) is 19.6 Å². The molecule has 0 aromatic carbocycles. The van der Waals surface area contributed by atoms with E-state index in [2.05, 4.69) is 30.9 Å². The smallest absolute Gasteiger partial charge is 0.0684 e. The Balaban J connectivity index is 2.30. The Morgan fingerprint density at radius 3 is 2.31 bits per heavy atom. The van der Waals surface area contributed by atoms with Gasteiger partial charge in [-0.1, -0.05) is 0 Å². The number of rotatable bonds is 3. The van der Waals surface area contributed by atoms with Crippen molar-refractivity contribution in [2.45, 2.75) is 24.9 Å². The average molecular weight is 186 g/mol. The topological polar surface area (TPSA) is 26.7 Å². The lowest BCUT2D eigenvalue weighted by atomic mass is 9.88. The molecule has 1 aliphatic rings. The van der Waals surface area contributed by atoms with Crippen molar-refractivity contribution in [1.29, 1.82) is 0 Å². The Morgan fingerprint density at radius 1 is 1.31 bits per heavy atom. The molecule has 78 valence electrons. The lowest BCUT2D eigenvalue weighted by Gasteiger charge is -2.37. The fourth-order valence-electron chi connectivity index (χ4n) is 1.72. The van der Waals surface area contributed by atoms with Crippen LogP contribution in [0.3, 0.4) is 0 Å². The Morgan fingerprint density at radius 2 is 1.85 bits per heavy atom. The lowest BCUT2D eigenvalue weighted by Crippen LogP contribution is -2.44. The van der Waals surface area contributed by atoms with E-state index in [0.29, 0.717) is 0 Å². The van der Waals surface area contributed by atoms with Crippen LogP contribution < -0.4 is 0 Å². The Kier molecular flexibility index (Phi) is 3.71. The van der Waals surface area contributed by atoms with Gasteiger partial charge in [0.05, 0.1) is 5.60 Å². The largest absolute Gasteiger partial charge is 0.390 e. The van der Waals surface area contributed by atoms with Crippen LogP contribution in [0, 0.1) is 0 Å². The predicted octanol–water partition coefficient (Wildman–Crippen LogP) is 0.395. The first-order valence-corrected chi connectivity index (χ1v) is 5.07. The maximum Gasteiger partial charge on any atom is 0.0684 e. The molecule has 1 fully saturated rings. The quantitative estimate of drug-likeness (QED) is 0.691. The molecule has 1 N–H and O–H groups in total. The van der Waals surface area contributed by atoms with Gasteiger partial charge < -0.3 is 14.9 Å². The zero-order valence-corrected chi connectivity index (χ0v) is 9.08. The first-order chi connectivity index (χ1) is 6.02. The molecule has 0 radical (unpaired) electrons. The van der Waals surface area contributed by atoms with Gasteiger partial charge >= 0.3 is 0 Å². The fraction of sp³-hybridized carbons (Fsp3) is 1.00. The van der Waals surface area contributed by atoms with E-state index in [1.54, 1.807) is 0 Å². The number of hydrogen-bond acceptors (Lipinski definition) is 3. The number of aliphatic hydroxyl groups is 1. The molecule has 0 amide bonds. The van der Waals surface area contributed by atoms with Gasteiger partial charge in [0.15, 0.2) is 0 Å². The molecule has 1 saturated heterocycles. The second-order valence-corrected chi connectivity index (χ2v) is 4.58. The molecule has 13 heavy (non-hydrogen) atoms. The summed E-state index contributed by atoms with van der Waals surface area (Å²) in [5, 5.41) is 10.2. The standard InChI is InChI=1S/C10H22N2O/c1-11(2)7-4-10(13)5-8-12(3)9-6-10/h13H,4-9H2,1-3H3. The maximum absolute atomic E-state index is 10.2. The lowest BCUT2D eigenvalue weighted by molar-refractivity contribution is -0.0262. The van der Waals surface area contributed by atoms with Gasteiger partial charge in [-0.3, -0.25) is 0 Å². The molecule has 0 unspecified atom stereocenters. The maximum atomic E-state index is 10.2. The summed E-state index contributed by atoms with van der Waals surface area (Å²) < 4.78 is 0. The van der Waals surface area contributed by atoms with Gasteiger partial charge in [-0.15, -0.1) is 0 Å². The van der Waals surface area contributed by atoms with Crippen molar-refractivity contribution in [3.63, 3.8) is 0 Å². The van der Waals surface area contributed by atoms with Crippen LogP contribution in [0.2, 0.25) is 0 Å². The van der Waals surface area contributed by atoms with Crippen molar-refractivity contribution in [3.8, 4) is 0 Å². The second kappa shape index (κ2) is 4.40. The van der Waals surface area contributed by atoms with E-state index in [1.165, 1.54) is 0 Å². The molecule has 3 heteroatoms. The van der Waals surface area contributed by atoms with E-state index in [-0.39, 0.29) is 0 Å². The third-order valence-electron chi connectivity index (χ3n) is 2.94. The minimum Gasteiger partial charge on any atom is -0.390 e. The van der Waals surface area contributed by atoms with Crippen LogP contribution in [-0.2, 0) is 0 Å². The van der Waals surface area contributed by atoms with Gasteiger partial charge in [-0.25, -0.2) is 0 Å². The molecular formula is C10H22N2O. The minimum atomic E-state index is -0.392. The SMILES string of the molecule is CN(C)CCC1(O)CCN(C)CC1. The highest BCUT2D eigenvalue weighted by Crippen LogP contribution is 2.24. The molecule has 0 saturated carbocycles. The normalized spacial score (nSPS) is 23.8. The number of nitrogens with zero attached hydrogens (tertiary/aromatic N) is 2. The van der Waals surface area contributed by atoms with Crippen LogP contribution in [0.4, 0.5) is 0 Å². The predicted molar refractivity (Wildman–Crippen MR) is 54.9 cm³/mol. The summed E-state index contributed by atoms with van der Waals surface area (Å²) >= 11 is 0. The van der Waals surface area contributed by atoms with E-state index in [1.807, 2.05) is 0 Å². The van der Waals surface area contributed by atoms with E-state index >= 15 is 0 Å². The summed E-state index contributed by atoms with van der Waals surface area (Å²) in [7, 11) is 6.22. The van der Waals surface area contributed by atoms with Crippen LogP contribution in [-0.4, -0.2) is 61.3 Å². The molecule has 1 aliphatic heterocycles. The molecule has 1 heterocycles. The molecule has 0 aliphatic carbocycles. The second-order valence-electron chi connectivity index (χ2n) is 4.58. The number of hydrogen-bond donors (Lipinski definition) is 1. The van der Waals surface area contributed by atoms with Gasteiger partial charge in [-0.05, 0) is 40.4 Å².